The van der Waals surface area contributed by atoms with Crippen LogP contribution in [0, 0.1) is 11.3 Å². The molecule has 82 valence electrons. The van der Waals surface area contributed by atoms with Gasteiger partial charge in [-0.25, -0.2) is 0 Å². The Labute approximate surface area is 108 Å². The van der Waals surface area contributed by atoms with Gasteiger partial charge in [-0.15, -0.1) is 0 Å². The Morgan fingerprint density at radius 2 is 1.94 bits per heavy atom. The van der Waals surface area contributed by atoms with Gasteiger partial charge in [0.1, 0.15) is 16.6 Å². The van der Waals surface area contributed by atoms with E-state index in [1.165, 1.54) is 6.20 Å². The number of nitrogens with one attached hydrogen (secondary N) is 1. The summed E-state index contributed by atoms with van der Waals surface area (Å²) in [6, 6.07) is 6.81. The second-order valence-corrected chi connectivity index (χ2v) is 4.15. The number of halogens is 2. The summed E-state index contributed by atoms with van der Waals surface area (Å²) in [4.78, 5) is 0.0307. The third-order valence-electron chi connectivity index (χ3n) is 1.63. The molecule has 0 saturated heterocycles. The van der Waals surface area contributed by atoms with Crippen molar-refractivity contribution in [3.63, 3.8) is 0 Å². The zero-order valence-electron chi connectivity index (χ0n) is 8.00. The standard InChI is InChI=1S/C10H7Cl2N3S/c11-7-1-8(12)3-9(2-7)15-5-6(4-13)10(14)16/h1-3,5,15H,(H2,14,16). The van der Waals surface area contributed by atoms with Crippen LogP contribution in [0.4, 0.5) is 5.69 Å². The van der Waals surface area contributed by atoms with Gasteiger partial charge in [-0.05, 0) is 18.2 Å². The minimum Gasteiger partial charge on any atom is -0.389 e. The molecule has 0 spiro atoms. The molecule has 0 fully saturated rings. The smallest absolute Gasteiger partial charge is 0.116 e. The van der Waals surface area contributed by atoms with E-state index in [2.05, 4.69) is 17.5 Å². The van der Waals surface area contributed by atoms with Crippen molar-refractivity contribution in [1.82, 2.24) is 0 Å². The normalized spacial score (nSPS) is 10.7. The molecule has 0 aliphatic rings. The van der Waals surface area contributed by atoms with E-state index in [1.54, 1.807) is 18.2 Å². The summed E-state index contributed by atoms with van der Waals surface area (Å²) >= 11 is 16.3. The zero-order chi connectivity index (χ0) is 12.1. The van der Waals surface area contributed by atoms with Gasteiger partial charge in [0, 0.05) is 21.9 Å². The first-order valence-electron chi connectivity index (χ1n) is 4.15. The van der Waals surface area contributed by atoms with E-state index in [0.717, 1.165) is 0 Å². The first-order chi connectivity index (χ1) is 7.52. The van der Waals surface area contributed by atoms with Crippen LogP contribution in [-0.2, 0) is 0 Å². The molecule has 3 nitrogen and oxygen atoms in total. The first-order valence-corrected chi connectivity index (χ1v) is 5.32. The first kappa shape index (κ1) is 12.8. The second kappa shape index (κ2) is 5.71. The summed E-state index contributed by atoms with van der Waals surface area (Å²) < 4.78 is 0. The average molecular weight is 272 g/mol. The average Bonchev–Trinajstić information content (AvgIpc) is 2.16. The number of hydrogen-bond donors (Lipinski definition) is 2. The van der Waals surface area contributed by atoms with Crippen LogP contribution in [0.2, 0.25) is 10.0 Å². The Morgan fingerprint density at radius 1 is 1.38 bits per heavy atom. The Bertz CT molecular complexity index is 471. The van der Waals surface area contributed by atoms with Crippen LogP contribution < -0.4 is 11.1 Å². The van der Waals surface area contributed by atoms with Gasteiger partial charge in [-0.2, -0.15) is 5.26 Å². The minimum atomic E-state index is 0.0307. The van der Waals surface area contributed by atoms with Crippen LogP contribution in [-0.4, -0.2) is 4.99 Å². The van der Waals surface area contributed by atoms with Gasteiger partial charge in [0.05, 0.1) is 0 Å². The van der Waals surface area contributed by atoms with Gasteiger partial charge in [-0.3, -0.25) is 0 Å². The third kappa shape index (κ3) is 3.70. The van der Waals surface area contributed by atoms with E-state index in [9.17, 15) is 0 Å². The summed E-state index contributed by atoms with van der Waals surface area (Å²) in [5.41, 5.74) is 6.16. The predicted octanol–water partition coefficient (Wildman–Crippen LogP) is 3.10. The van der Waals surface area contributed by atoms with Crippen molar-refractivity contribution in [2.24, 2.45) is 5.73 Å². The van der Waals surface area contributed by atoms with E-state index in [0.29, 0.717) is 15.7 Å². The lowest BCUT2D eigenvalue weighted by molar-refractivity contribution is 1.49. The topological polar surface area (TPSA) is 61.8 Å². The number of benzene rings is 1. The lowest BCUT2D eigenvalue weighted by atomic mass is 10.3. The van der Waals surface area contributed by atoms with E-state index < -0.39 is 0 Å². The highest BCUT2D eigenvalue weighted by Gasteiger charge is 2.00. The molecule has 3 N–H and O–H groups in total. The highest BCUT2D eigenvalue weighted by molar-refractivity contribution is 7.80. The molecular formula is C10H7Cl2N3S. The molecule has 0 aliphatic carbocycles. The van der Waals surface area contributed by atoms with Crippen LogP contribution in [0.1, 0.15) is 0 Å². The van der Waals surface area contributed by atoms with Gasteiger partial charge in [-0.1, -0.05) is 35.4 Å². The Kier molecular flexibility index (Phi) is 4.56. The fourth-order valence-corrected chi connectivity index (χ4v) is 1.58. The summed E-state index contributed by atoms with van der Waals surface area (Å²) in [6.07, 6.45) is 1.41. The molecule has 0 amide bonds. The lowest BCUT2D eigenvalue weighted by Gasteiger charge is -2.03. The number of rotatable bonds is 3. The van der Waals surface area contributed by atoms with Crippen LogP contribution in [0.25, 0.3) is 0 Å². The summed E-state index contributed by atoms with van der Waals surface area (Å²) in [5, 5.41) is 12.5. The molecule has 16 heavy (non-hydrogen) atoms. The Morgan fingerprint density at radius 3 is 2.38 bits per heavy atom. The van der Waals surface area contributed by atoms with Gasteiger partial charge in [0.15, 0.2) is 0 Å². The van der Waals surface area contributed by atoms with Crippen molar-refractivity contribution >= 4 is 46.1 Å². The number of hydrogen-bond acceptors (Lipinski definition) is 3. The summed E-state index contributed by atoms with van der Waals surface area (Å²) in [6.45, 7) is 0. The molecule has 0 aromatic heterocycles. The van der Waals surface area contributed by atoms with E-state index in [1.807, 2.05) is 6.07 Å². The Hall–Kier alpha value is -1.28. The molecule has 0 unspecified atom stereocenters. The fraction of sp³-hybridized carbons (Fsp3) is 0. The molecule has 0 heterocycles. The van der Waals surface area contributed by atoms with Gasteiger partial charge in [0.25, 0.3) is 0 Å². The molecule has 1 aromatic carbocycles. The van der Waals surface area contributed by atoms with E-state index >= 15 is 0 Å². The number of nitrogens with two attached hydrogens (primary N) is 1. The van der Waals surface area contributed by atoms with Crippen molar-refractivity contribution in [1.29, 1.82) is 5.26 Å². The fourth-order valence-electron chi connectivity index (χ4n) is 0.951. The highest BCUT2D eigenvalue weighted by atomic mass is 35.5. The highest BCUT2D eigenvalue weighted by Crippen LogP contribution is 2.22. The molecule has 0 atom stereocenters. The lowest BCUT2D eigenvalue weighted by Crippen LogP contribution is -2.11. The van der Waals surface area contributed by atoms with Gasteiger partial charge in [0.2, 0.25) is 0 Å². The summed E-state index contributed by atoms with van der Waals surface area (Å²) in [7, 11) is 0. The van der Waals surface area contributed by atoms with Gasteiger partial charge < -0.3 is 11.1 Å². The maximum atomic E-state index is 8.71. The molecule has 0 radical (unpaired) electrons. The van der Waals surface area contributed by atoms with Crippen molar-refractivity contribution in [3.05, 3.63) is 40.0 Å². The molecule has 0 saturated carbocycles. The molecular weight excluding hydrogens is 265 g/mol. The number of nitriles is 1. The molecule has 0 bridgehead atoms. The van der Waals surface area contributed by atoms with Crippen LogP contribution in [0.15, 0.2) is 30.0 Å². The molecule has 1 aromatic rings. The monoisotopic (exact) mass is 271 g/mol. The zero-order valence-corrected chi connectivity index (χ0v) is 10.3. The predicted molar refractivity (Wildman–Crippen MR) is 70.6 cm³/mol. The van der Waals surface area contributed by atoms with Crippen molar-refractivity contribution in [2.75, 3.05) is 5.32 Å². The number of nitrogens with zero attached hydrogens (tertiary/aromatic N) is 1. The molecule has 0 aliphatic heterocycles. The molecule has 6 heteroatoms. The van der Waals surface area contributed by atoms with Crippen molar-refractivity contribution in [2.45, 2.75) is 0 Å². The SMILES string of the molecule is N#CC(=CNc1cc(Cl)cc(Cl)c1)C(N)=S. The maximum absolute atomic E-state index is 8.71. The van der Waals surface area contributed by atoms with E-state index in [-0.39, 0.29) is 10.6 Å². The molecule has 1 rings (SSSR count). The second-order valence-electron chi connectivity index (χ2n) is 2.84. The quantitative estimate of drug-likeness (QED) is 0.504. The van der Waals surface area contributed by atoms with Crippen molar-refractivity contribution in [3.8, 4) is 6.07 Å². The van der Waals surface area contributed by atoms with E-state index in [4.69, 9.17) is 34.2 Å². The Balaban J connectivity index is 2.90. The minimum absolute atomic E-state index is 0.0307. The largest absolute Gasteiger partial charge is 0.389 e. The maximum Gasteiger partial charge on any atom is 0.116 e. The van der Waals surface area contributed by atoms with Crippen LogP contribution in [0.5, 0.6) is 0 Å². The third-order valence-corrected chi connectivity index (χ3v) is 2.29. The van der Waals surface area contributed by atoms with Crippen LogP contribution >= 0.6 is 35.4 Å². The number of thiocarbonyl (C=S) groups is 1. The van der Waals surface area contributed by atoms with Crippen LogP contribution in [0.3, 0.4) is 0 Å². The summed E-state index contributed by atoms with van der Waals surface area (Å²) in [5.74, 6) is 0. The number of anilines is 1. The van der Waals surface area contributed by atoms with Gasteiger partial charge >= 0.3 is 0 Å². The van der Waals surface area contributed by atoms with Crippen molar-refractivity contribution < 1.29 is 0 Å².